The van der Waals surface area contributed by atoms with Crippen LogP contribution >= 0.6 is 0 Å². The van der Waals surface area contributed by atoms with Gasteiger partial charge in [-0.15, -0.1) is 0 Å². The van der Waals surface area contributed by atoms with Gasteiger partial charge in [-0.1, -0.05) is 61.5 Å². The van der Waals surface area contributed by atoms with Gasteiger partial charge in [0.15, 0.2) is 0 Å². The lowest BCUT2D eigenvalue weighted by Crippen LogP contribution is -2.54. The Morgan fingerprint density at radius 1 is 0.868 bits per heavy atom. The number of nitrogens with zero attached hydrogens (tertiary/aromatic N) is 1. The van der Waals surface area contributed by atoms with Crippen molar-refractivity contribution < 1.29 is 19.1 Å². The molecule has 1 unspecified atom stereocenters. The molecule has 3 rings (SSSR count). The number of aryl methyl sites for hydroxylation is 1. The van der Waals surface area contributed by atoms with Crippen LogP contribution in [-0.4, -0.2) is 40.5 Å². The molecule has 2 N–H and O–H groups in total. The number of hydrogen-bond donors (Lipinski definition) is 2. The summed E-state index contributed by atoms with van der Waals surface area (Å²) in [7, 11) is 0. The Hall–Kier alpha value is -3.87. The van der Waals surface area contributed by atoms with Crippen LogP contribution in [0.2, 0.25) is 0 Å². The smallest absolute Gasteiger partial charge is 0.408 e. The summed E-state index contributed by atoms with van der Waals surface area (Å²) in [5.41, 5.74) is 1.02. The van der Waals surface area contributed by atoms with Gasteiger partial charge in [0.25, 0.3) is 5.91 Å². The first-order chi connectivity index (χ1) is 17.8. The Kier molecular flexibility index (Phi) is 8.82. The SMILES string of the molecule is CCc1ccc(C(C(=O)Nc2ccc3ccccc3c2)N(C(=O)CNC(=O)OC(C)(C)C)C(C)(C)C)cc1. The Balaban J connectivity index is 1.95. The van der Waals surface area contributed by atoms with E-state index < -0.39 is 29.2 Å². The molecule has 7 heteroatoms. The van der Waals surface area contributed by atoms with Crippen LogP contribution in [0.15, 0.2) is 66.7 Å². The van der Waals surface area contributed by atoms with Crippen LogP contribution in [-0.2, 0) is 20.7 Å². The van der Waals surface area contributed by atoms with Crippen LogP contribution in [0.5, 0.6) is 0 Å². The average molecular weight is 518 g/mol. The van der Waals surface area contributed by atoms with Crippen molar-refractivity contribution >= 4 is 34.4 Å². The number of amides is 3. The number of hydrogen-bond acceptors (Lipinski definition) is 4. The number of benzene rings is 3. The Bertz CT molecular complexity index is 1290. The van der Waals surface area contributed by atoms with Gasteiger partial charge in [0, 0.05) is 11.2 Å². The second-order valence-electron chi connectivity index (χ2n) is 11.3. The van der Waals surface area contributed by atoms with Crippen LogP contribution in [0.4, 0.5) is 10.5 Å². The Morgan fingerprint density at radius 3 is 2.08 bits per heavy atom. The van der Waals surface area contributed by atoms with Gasteiger partial charge in [0.1, 0.15) is 18.2 Å². The molecule has 0 saturated carbocycles. The molecule has 0 aliphatic carbocycles. The van der Waals surface area contributed by atoms with Gasteiger partial charge in [0.2, 0.25) is 5.91 Å². The number of nitrogens with one attached hydrogen (secondary N) is 2. The average Bonchev–Trinajstić information content (AvgIpc) is 2.84. The van der Waals surface area contributed by atoms with Crippen molar-refractivity contribution in [2.24, 2.45) is 0 Å². The van der Waals surface area contributed by atoms with E-state index >= 15 is 0 Å². The molecule has 0 saturated heterocycles. The van der Waals surface area contributed by atoms with Gasteiger partial charge in [-0.05, 0) is 82.0 Å². The van der Waals surface area contributed by atoms with Crippen LogP contribution in [0.3, 0.4) is 0 Å². The van der Waals surface area contributed by atoms with Gasteiger partial charge in [-0.25, -0.2) is 4.79 Å². The number of anilines is 1. The van der Waals surface area contributed by atoms with Gasteiger partial charge in [-0.3, -0.25) is 9.59 Å². The monoisotopic (exact) mass is 517 g/mol. The summed E-state index contributed by atoms with van der Waals surface area (Å²) in [6.45, 7) is 12.6. The lowest BCUT2D eigenvalue weighted by molar-refractivity contribution is -0.144. The molecule has 0 aliphatic rings. The van der Waals surface area contributed by atoms with Gasteiger partial charge in [0.05, 0.1) is 0 Å². The molecule has 0 bridgehead atoms. The first-order valence-electron chi connectivity index (χ1n) is 13.0. The molecule has 38 heavy (non-hydrogen) atoms. The maximum Gasteiger partial charge on any atom is 0.408 e. The number of carbonyl (C=O) groups excluding carboxylic acids is 3. The zero-order valence-electron chi connectivity index (χ0n) is 23.4. The van der Waals surface area contributed by atoms with Crippen molar-refractivity contribution in [3.05, 3.63) is 77.9 Å². The van der Waals surface area contributed by atoms with Crippen molar-refractivity contribution in [3.63, 3.8) is 0 Å². The minimum atomic E-state index is -0.930. The normalized spacial score (nSPS) is 12.5. The highest BCUT2D eigenvalue weighted by molar-refractivity contribution is 6.00. The van der Waals surface area contributed by atoms with E-state index in [1.54, 1.807) is 20.8 Å². The number of alkyl carbamates (subject to hydrolysis) is 1. The van der Waals surface area contributed by atoms with E-state index in [2.05, 4.69) is 17.6 Å². The predicted molar refractivity (Wildman–Crippen MR) is 152 cm³/mol. The highest BCUT2D eigenvalue weighted by atomic mass is 16.6. The van der Waals surface area contributed by atoms with Gasteiger partial charge < -0.3 is 20.3 Å². The summed E-state index contributed by atoms with van der Waals surface area (Å²) in [5.74, 6) is -0.744. The van der Waals surface area contributed by atoms with Crippen molar-refractivity contribution in [1.82, 2.24) is 10.2 Å². The van der Waals surface area contributed by atoms with Crippen molar-refractivity contribution in [2.75, 3.05) is 11.9 Å². The van der Waals surface area contributed by atoms with Crippen LogP contribution in [0.25, 0.3) is 10.8 Å². The van der Waals surface area contributed by atoms with E-state index in [-0.39, 0.29) is 12.5 Å². The van der Waals surface area contributed by atoms with E-state index in [9.17, 15) is 14.4 Å². The predicted octanol–water partition coefficient (Wildman–Crippen LogP) is 6.23. The largest absolute Gasteiger partial charge is 0.444 e. The Morgan fingerprint density at radius 2 is 1.50 bits per heavy atom. The summed E-state index contributed by atoms with van der Waals surface area (Å²) in [6.07, 6.45) is 0.167. The second-order valence-corrected chi connectivity index (χ2v) is 11.3. The fourth-order valence-corrected chi connectivity index (χ4v) is 4.28. The molecule has 0 heterocycles. The molecule has 7 nitrogen and oxygen atoms in total. The number of fused-ring (bicyclic) bond motifs is 1. The van der Waals surface area contributed by atoms with E-state index in [0.717, 1.165) is 22.8 Å². The lowest BCUT2D eigenvalue weighted by atomic mass is 9.95. The standard InChI is InChI=1S/C31H39N3O4/c1-8-21-13-15-23(16-14-21)27(28(36)33-25-18-17-22-11-9-10-12-24(22)19-25)34(30(2,3)4)26(35)20-32-29(37)38-31(5,6)7/h9-19,27H,8,20H2,1-7H3,(H,32,37)(H,33,36). The molecule has 0 fully saturated rings. The number of ether oxygens (including phenoxy) is 1. The third kappa shape index (κ3) is 7.57. The summed E-state index contributed by atoms with van der Waals surface area (Å²) in [5, 5.41) is 7.63. The van der Waals surface area contributed by atoms with Gasteiger partial charge in [-0.2, -0.15) is 0 Å². The van der Waals surface area contributed by atoms with Crippen LogP contribution in [0.1, 0.15) is 65.6 Å². The topological polar surface area (TPSA) is 87.7 Å². The second kappa shape index (κ2) is 11.7. The van der Waals surface area contributed by atoms with E-state index in [1.807, 2.05) is 87.5 Å². The van der Waals surface area contributed by atoms with E-state index in [4.69, 9.17) is 4.74 Å². The highest BCUT2D eigenvalue weighted by Crippen LogP contribution is 2.31. The number of rotatable bonds is 7. The minimum absolute atomic E-state index is 0.307. The molecular formula is C31H39N3O4. The fraction of sp³-hybridized carbons (Fsp3) is 0.387. The van der Waals surface area contributed by atoms with Crippen molar-refractivity contribution in [1.29, 1.82) is 0 Å². The lowest BCUT2D eigenvalue weighted by Gasteiger charge is -2.41. The van der Waals surface area contributed by atoms with Crippen molar-refractivity contribution in [3.8, 4) is 0 Å². The van der Waals surface area contributed by atoms with Crippen LogP contribution in [0, 0.1) is 0 Å². The molecule has 0 aromatic heterocycles. The zero-order chi connectivity index (χ0) is 28.1. The first-order valence-corrected chi connectivity index (χ1v) is 13.0. The molecule has 202 valence electrons. The molecule has 0 spiro atoms. The van der Waals surface area contributed by atoms with Crippen LogP contribution < -0.4 is 10.6 Å². The van der Waals surface area contributed by atoms with Gasteiger partial charge >= 0.3 is 6.09 Å². The Labute approximate surface area is 225 Å². The molecule has 1 atom stereocenters. The third-order valence-corrected chi connectivity index (χ3v) is 6.00. The van der Waals surface area contributed by atoms with E-state index in [1.165, 1.54) is 4.90 Å². The molecule has 3 aromatic carbocycles. The maximum atomic E-state index is 13.9. The maximum absolute atomic E-state index is 13.9. The van der Waals surface area contributed by atoms with E-state index in [0.29, 0.717) is 11.3 Å². The summed E-state index contributed by atoms with van der Waals surface area (Å²) < 4.78 is 5.29. The first kappa shape index (κ1) is 28.7. The van der Waals surface area contributed by atoms with Crippen molar-refractivity contribution in [2.45, 2.75) is 72.1 Å². The minimum Gasteiger partial charge on any atom is -0.444 e. The highest BCUT2D eigenvalue weighted by Gasteiger charge is 2.38. The molecule has 3 aromatic rings. The molecule has 3 amide bonds. The summed E-state index contributed by atoms with van der Waals surface area (Å²) in [6, 6.07) is 20.4. The summed E-state index contributed by atoms with van der Waals surface area (Å²) >= 11 is 0. The third-order valence-electron chi connectivity index (χ3n) is 6.00. The molecular weight excluding hydrogens is 478 g/mol. The molecule has 0 aliphatic heterocycles. The molecule has 0 radical (unpaired) electrons. The summed E-state index contributed by atoms with van der Waals surface area (Å²) in [4.78, 5) is 41.3. The fourth-order valence-electron chi connectivity index (χ4n) is 4.28. The quantitative estimate of drug-likeness (QED) is 0.389. The number of carbonyl (C=O) groups is 3. The zero-order valence-corrected chi connectivity index (χ0v) is 23.4.